The van der Waals surface area contributed by atoms with Gasteiger partial charge in [-0.25, -0.2) is 4.79 Å². The molecule has 2 N–H and O–H groups in total. The lowest BCUT2D eigenvalue weighted by molar-refractivity contribution is -0.143. The number of carboxylic acid groups (broad SMARTS) is 1. The third-order valence-electron chi connectivity index (χ3n) is 2.37. The predicted octanol–water partition coefficient (Wildman–Crippen LogP) is 0.188. The maximum absolute atomic E-state index is 11.6. The second kappa shape index (κ2) is 5.47. The van der Waals surface area contributed by atoms with Gasteiger partial charge in [0.15, 0.2) is 0 Å². The molecule has 0 aliphatic rings. The highest BCUT2D eigenvalue weighted by molar-refractivity contribution is 5.84. The van der Waals surface area contributed by atoms with Crippen LogP contribution in [0.2, 0.25) is 0 Å². The summed E-state index contributed by atoms with van der Waals surface area (Å²) < 4.78 is 1.60. The van der Waals surface area contributed by atoms with E-state index in [-0.39, 0.29) is 18.2 Å². The predicted molar refractivity (Wildman–Crippen MR) is 61.3 cm³/mol. The van der Waals surface area contributed by atoms with E-state index in [0.717, 1.165) is 5.56 Å². The van der Waals surface area contributed by atoms with Crippen LogP contribution in [0.5, 0.6) is 0 Å². The largest absolute Gasteiger partial charge is 0.480 e. The van der Waals surface area contributed by atoms with E-state index in [4.69, 9.17) is 5.11 Å². The lowest BCUT2D eigenvalue weighted by Crippen LogP contribution is -2.44. The molecule has 0 radical (unpaired) electrons. The Morgan fingerprint density at radius 3 is 2.59 bits per heavy atom. The molecule has 0 saturated heterocycles. The molecule has 1 amide bonds. The summed E-state index contributed by atoms with van der Waals surface area (Å²) in [4.78, 5) is 22.5. The minimum Gasteiger partial charge on any atom is -0.480 e. The van der Waals surface area contributed by atoms with Crippen LogP contribution in [-0.2, 0) is 23.1 Å². The molecule has 0 aliphatic carbocycles. The van der Waals surface area contributed by atoms with Crippen LogP contribution in [0.3, 0.4) is 0 Å². The normalized spacial score (nSPS) is 12.5. The summed E-state index contributed by atoms with van der Waals surface area (Å²) >= 11 is 0. The number of carboxylic acids is 1. The summed E-state index contributed by atoms with van der Waals surface area (Å²) in [5.41, 5.74) is 0.762. The average molecular weight is 239 g/mol. The summed E-state index contributed by atoms with van der Waals surface area (Å²) in [5.74, 6) is -1.47. The standard InChI is InChI=1S/C11H17N3O3/c1-7(2)10(11(16)17)13-9(15)4-8-5-12-14(3)6-8/h5-7,10H,4H2,1-3H3,(H,13,15)(H,16,17)/t10-/m1/s1. The van der Waals surface area contributed by atoms with Crippen LogP contribution < -0.4 is 5.32 Å². The van der Waals surface area contributed by atoms with Gasteiger partial charge in [0.25, 0.3) is 0 Å². The molecule has 1 rings (SSSR count). The van der Waals surface area contributed by atoms with Gasteiger partial charge >= 0.3 is 5.97 Å². The molecular formula is C11H17N3O3. The first-order valence-electron chi connectivity index (χ1n) is 5.40. The Balaban J connectivity index is 2.56. The Labute approximate surface area is 99.6 Å². The maximum Gasteiger partial charge on any atom is 0.326 e. The zero-order chi connectivity index (χ0) is 13.0. The minimum absolute atomic E-state index is 0.143. The Bertz CT molecular complexity index is 412. The second-order valence-electron chi connectivity index (χ2n) is 4.33. The number of amides is 1. The number of nitrogens with zero attached hydrogens (tertiary/aromatic N) is 2. The minimum atomic E-state index is -1.01. The number of carbonyl (C=O) groups excluding carboxylic acids is 1. The van der Waals surface area contributed by atoms with Crippen molar-refractivity contribution in [2.45, 2.75) is 26.3 Å². The van der Waals surface area contributed by atoms with Gasteiger partial charge in [0.05, 0.1) is 12.6 Å². The van der Waals surface area contributed by atoms with Gasteiger partial charge in [0.2, 0.25) is 5.91 Å². The highest BCUT2D eigenvalue weighted by atomic mass is 16.4. The van der Waals surface area contributed by atoms with Gasteiger partial charge in [0.1, 0.15) is 6.04 Å². The van der Waals surface area contributed by atoms with E-state index in [1.165, 1.54) is 0 Å². The molecule has 0 aromatic carbocycles. The molecule has 6 heteroatoms. The molecule has 0 saturated carbocycles. The van der Waals surface area contributed by atoms with E-state index in [1.807, 2.05) is 0 Å². The van der Waals surface area contributed by atoms with Gasteiger partial charge < -0.3 is 10.4 Å². The Hall–Kier alpha value is -1.85. The summed E-state index contributed by atoms with van der Waals surface area (Å²) in [6.07, 6.45) is 3.46. The zero-order valence-corrected chi connectivity index (χ0v) is 10.2. The van der Waals surface area contributed by atoms with Gasteiger partial charge in [0, 0.05) is 13.2 Å². The number of carbonyl (C=O) groups is 2. The smallest absolute Gasteiger partial charge is 0.326 e. The summed E-state index contributed by atoms with van der Waals surface area (Å²) in [7, 11) is 1.76. The first-order valence-corrected chi connectivity index (χ1v) is 5.40. The van der Waals surface area contributed by atoms with Crippen molar-refractivity contribution in [3.8, 4) is 0 Å². The molecule has 1 aromatic heterocycles. The van der Waals surface area contributed by atoms with Gasteiger partial charge in [-0.1, -0.05) is 13.8 Å². The van der Waals surface area contributed by atoms with Crippen molar-refractivity contribution in [1.29, 1.82) is 0 Å². The van der Waals surface area contributed by atoms with E-state index in [2.05, 4.69) is 10.4 Å². The third-order valence-corrected chi connectivity index (χ3v) is 2.37. The number of aryl methyl sites for hydroxylation is 1. The highest BCUT2D eigenvalue weighted by Gasteiger charge is 2.23. The fourth-order valence-corrected chi connectivity index (χ4v) is 1.49. The molecule has 0 spiro atoms. The van der Waals surface area contributed by atoms with Crippen molar-refractivity contribution < 1.29 is 14.7 Å². The molecule has 0 unspecified atom stereocenters. The van der Waals surface area contributed by atoms with Crippen molar-refractivity contribution in [3.63, 3.8) is 0 Å². The van der Waals surface area contributed by atoms with Crippen LogP contribution in [0.25, 0.3) is 0 Å². The summed E-state index contributed by atoms with van der Waals surface area (Å²) in [6, 6.07) is -0.848. The van der Waals surface area contributed by atoms with Crippen molar-refractivity contribution in [3.05, 3.63) is 18.0 Å². The van der Waals surface area contributed by atoms with Gasteiger partial charge in [-0.05, 0) is 11.5 Å². The first-order chi connectivity index (χ1) is 7.90. The number of rotatable bonds is 5. The fourth-order valence-electron chi connectivity index (χ4n) is 1.49. The van der Waals surface area contributed by atoms with Crippen LogP contribution in [0.1, 0.15) is 19.4 Å². The molecule has 0 aliphatic heterocycles. The molecule has 1 atom stereocenters. The molecule has 6 nitrogen and oxygen atoms in total. The second-order valence-corrected chi connectivity index (χ2v) is 4.33. The molecular weight excluding hydrogens is 222 g/mol. The number of aliphatic carboxylic acids is 1. The van der Waals surface area contributed by atoms with Crippen LogP contribution in [0.4, 0.5) is 0 Å². The number of hydrogen-bond donors (Lipinski definition) is 2. The summed E-state index contributed by atoms with van der Waals surface area (Å²) in [6.45, 7) is 3.51. The SMILES string of the molecule is CC(C)[C@@H](NC(=O)Cc1cnn(C)c1)C(=O)O. The first kappa shape index (κ1) is 13.2. The van der Waals surface area contributed by atoms with Gasteiger partial charge in [-0.2, -0.15) is 5.10 Å². The molecule has 17 heavy (non-hydrogen) atoms. The zero-order valence-electron chi connectivity index (χ0n) is 10.2. The van der Waals surface area contributed by atoms with E-state index in [9.17, 15) is 9.59 Å². The monoisotopic (exact) mass is 239 g/mol. The van der Waals surface area contributed by atoms with Crippen LogP contribution in [0.15, 0.2) is 12.4 Å². The lowest BCUT2D eigenvalue weighted by Gasteiger charge is -2.17. The van der Waals surface area contributed by atoms with E-state index in [0.29, 0.717) is 0 Å². The van der Waals surface area contributed by atoms with Crippen molar-refractivity contribution in [1.82, 2.24) is 15.1 Å². The quantitative estimate of drug-likeness (QED) is 0.768. The maximum atomic E-state index is 11.6. The lowest BCUT2D eigenvalue weighted by atomic mass is 10.0. The molecule has 1 aromatic rings. The molecule has 1 heterocycles. The fraction of sp³-hybridized carbons (Fsp3) is 0.545. The topological polar surface area (TPSA) is 84.2 Å². The van der Waals surface area contributed by atoms with E-state index >= 15 is 0 Å². The number of hydrogen-bond acceptors (Lipinski definition) is 3. The number of nitrogens with one attached hydrogen (secondary N) is 1. The van der Waals surface area contributed by atoms with Crippen molar-refractivity contribution in [2.75, 3.05) is 0 Å². The Morgan fingerprint density at radius 1 is 1.53 bits per heavy atom. The average Bonchev–Trinajstić information content (AvgIpc) is 2.59. The van der Waals surface area contributed by atoms with Crippen LogP contribution in [0, 0.1) is 5.92 Å². The molecule has 0 bridgehead atoms. The molecule has 0 fully saturated rings. The van der Waals surface area contributed by atoms with Crippen LogP contribution in [-0.4, -0.2) is 32.8 Å². The third kappa shape index (κ3) is 3.90. The van der Waals surface area contributed by atoms with Crippen molar-refractivity contribution in [2.24, 2.45) is 13.0 Å². The Kier molecular flexibility index (Phi) is 4.25. The van der Waals surface area contributed by atoms with E-state index in [1.54, 1.807) is 38.0 Å². The molecule has 94 valence electrons. The van der Waals surface area contributed by atoms with Gasteiger partial charge in [-0.3, -0.25) is 9.48 Å². The van der Waals surface area contributed by atoms with Gasteiger partial charge in [-0.15, -0.1) is 0 Å². The highest BCUT2D eigenvalue weighted by Crippen LogP contribution is 2.03. The number of aromatic nitrogens is 2. The Morgan fingerprint density at radius 2 is 2.18 bits per heavy atom. The summed E-state index contributed by atoms with van der Waals surface area (Å²) in [5, 5.41) is 15.4. The van der Waals surface area contributed by atoms with Crippen LogP contribution >= 0.6 is 0 Å². The van der Waals surface area contributed by atoms with Crippen molar-refractivity contribution >= 4 is 11.9 Å². The van der Waals surface area contributed by atoms with E-state index < -0.39 is 12.0 Å².